The first-order chi connectivity index (χ1) is 15.1. The summed E-state index contributed by atoms with van der Waals surface area (Å²) < 4.78 is 40.1. The Hall–Kier alpha value is -4.14. The van der Waals surface area contributed by atoms with Crippen LogP contribution >= 0.6 is 0 Å². The Bertz CT molecular complexity index is 1360. The van der Waals surface area contributed by atoms with Crippen molar-refractivity contribution in [2.24, 2.45) is 0 Å². The lowest BCUT2D eigenvalue weighted by molar-refractivity contribution is -0.384. The Balaban J connectivity index is 1.66. The number of non-ortho nitro benzene ring substituents is 1. The zero-order valence-corrected chi connectivity index (χ0v) is 16.7. The molecule has 0 unspecified atom stereocenters. The number of halogens is 3. The molecular formula is C23H16F3N3O3. The molecule has 0 radical (unpaired) electrons. The summed E-state index contributed by atoms with van der Waals surface area (Å²) in [7, 11) is 0. The number of nitro groups is 1. The Morgan fingerprint density at radius 2 is 1.78 bits per heavy atom. The molecule has 0 atom stereocenters. The molecule has 32 heavy (non-hydrogen) atoms. The first-order valence-corrected chi connectivity index (χ1v) is 9.50. The van der Waals surface area contributed by atoms with Crippen molar-refractivity contribution >= 4 is 28.2 Å². The van der Waals surface area contributed by atoms with E-state index in [1.807, 2.05) is 0 Å². The molecule has 1 heterocycles. The van der Waals surface area contributed by atoms with Crippen LogP contribution in [-0.4, -0.2) is 15.8 Å². The van der Waals surface area contributed by atoms with E-state index in [4.69, 9.17) is 0 Å². The number of nitrogens with one attached hydrogen (secondary N) is 2. The molecule has 0 aliphatic rings. The number of nitro benzene ring substituents is 1. The minimum absolute atomic E-state index is 0.00482. The lowest BCUT2D eigenvalue weighted by atomic mass is 9.99. The van der Waals surface area contributed by atoms with Crippen LogP contribution in [0.3, 0.4) is 0 Å². The monoisotopic (exact) mass is 439 g/mol. The Labute approximate surface area is 179 Å². The van der Waals surface area contributed by atoms with Crippen molar-refractivity contribution in [2.45, 2.75) is 13.1 Å². The number of benzene rings is 3. The zero-order valence-electron chi connectivity index (χ0n) is 16.7. The quantitative estimate of drug-likeness (QED) is 0.288. The minimum Gasteiger partial charge on any atom is -0.350 e. The summed E-state index contributed by atoms with van der Waals surface area (Å²) in [5.74, 6) is -0.511. The third-order valence-corrected chi connectivity index (χ3v) is 5.14. The maximum absolute atomic E-state index is 13.4. The number of hydrogen-bond acceptors (Lipinski definition) is 3. The van der Waals surface area contributed by atoms with Crippen molar-refractivity contribution < 1.29 is 22.9 Å². The van der Waals surface area contributed by atoms with E-state index in [0.29, 0.717) is 27.7 Å². The third kappa shape index (κ3) is 3.92. The van der Waals surface area contributed by atoms with Crippen LogP contribution in [-0.2, 0) is 6.18 Å². The zero-order chi connectivity index (χ0) is 23.0. The molecule has 0 saturated heterocycles. The number of carbonyl (C=O) groups is 1. The van der Waals surface area contributed by atoms with Gasteiger partial charge in [0.15, 0.2) is 0 Å². The predicted octanol–water partition coefficient (Wildman–Crippen LogP) is 6.32. The molecular weight excluding hydrogens is 423 g/mol. The maximum atomic E-state index is 13.4. The lowest BCUT2D eigenvalue weighted by Gasteiger charge is -2.14. The van der Waals surface area contributed by atoms with Crippen LogP contribution in [0.1, 0.15) is 21.6 Å². The number of carbonyl (C=O) groups excluding carboxylic acids is 1. The molecule has 0 bridgehead atoms. The Morgan fingerprint density at radius 1 is 1.03 bits per heavy atom. The highest BCUT2D eigenvalue weighted by atomic mass is 19.4. The van der Waals surface area contributed by atoms with Crippen molar-refractivity contribution in [3.63, 3.8) is 0 Å². The van der Waals surface area contributed by atoms with Crippen LogP contribution in [0.25, 0.3) is 22.0 Å². The number of anilines is 1. The van der Waals surface area contributed by atoms with Gasteiger partial charge in [-0.1, -0.05) is 30.3 Å². The SMILES string of the molecule is Cc1c(C(=O)Nc2cccc(-c3ccccc3C(F)(F)F)c2)[nH]c2ccc([N+](=O)[O-])cc12. The fourth-order valence-corrected chi connectivity index (χ4v) is 3.60. The van der Waals surface area contributed by atoms with Gasteiger partial charge in [0.1, 0.15) is 5.69 Å². The number of aryl methyl sites for hydroxylation is 1. The molecule has 0 aliphatic carbocycles. The highest BCUT2D eigenvalue weighted by molar-refractivity contribution is 6.08. The number of H-pyrrole nitrogens is 1. The molecule has 4 aromatic rings. The van der Waals surface area contributed by atoms with Gasteiger partial charge >= 0.3 is 6.18 Å². The largest absolute Gasteiger partial charge is 0.417 e. The summed E-state index contributed by atoms with van der Waals surface area (Å²) in [5.41, 5.74) is 1.06. The fourth-order valence-electron chi connectivity index (χ4n) is 3.60. The predicted molar refractivity (Wildman–Crippen MR) is 115 cm³/mol. The van der Waals surface area contributed by atoms with E-state index < -0.39 is 22.6 Å². The van der Waals surface area contributed by atoms with Gasteiger partial charge in [-0.05, 0) is 47.9 Å². The number of hydrogen-bond donors (Lipinski definition) is 2. The number of alkyl halides is 3. The van der Waals surface area contributed by atoms with E-state index in [1.165, 1.54) is 48.5 Å². The van der Waals surface area contributed by atoms with E-state index in [9.17, 15) is 28.1 Å². The second-order valence-electron chi connectivity index (χ2n) is 7.19. The third-order valence-electron chi connectivity index (χ3n) is 5.14. The number of rotatable bonds is 4. The van der Waals surface area contributed by atoms with Gasteiger partial charge < -0.3 is 10.3 Å². The van der Waals surface area contributed by atoms with Gasteiger partial charge in [-0.25, -0.2) is 0 Å². The molecule has 162 valence electrons. The van der Waals surface area contributed by atoms with E-state index in [-0.39, 0.29) is 16.9 Å². The van der Waals surface area contributed by atoms with E-state index in [2.05, 4.69) is 10.3 Å². The average molecular weight is 439 g/mol. The summed E-state index contributed by atoms with van der Waals surface area (Å²) in [6, 6.07) is 15.6. The minimum atomic E-state index is -4.51. The van der Waals surface area contributed by atoms with Gasteiger partial charge in [0.2, 0.25) is 0 Å². The topological polar surface area (TPSA) is 88.0 Å². The Kier molecular flexibility index (Phi) is 5.17. The number of aromatic nitrogens is 1. The average Bonchev–Trinajstić information content (AvgIpc) is 3.09. The van der Waals surface area contributed by atoms with Crippen LogP contribution in [0.4, 0.5) is 24.5 Å². The first kappa shape index (κ1) is 21.1. The fraction of sp³-hybridized carbons (Fsp3) is 0.0870. The van der Waals surface area contributed by atoms with Crippen molar-refractivity contribution in [2.75, 3.05) is 5.32 Å². The molecule has 0 spiro atoms. The number of amides is 1. The second kappa shape index (κ2) is 7.84. The summed E-state index contributed by atoms with van der Waals surface area (Å²) >= 11 is 0. The van der Waals surface area contributed by atoms with Crippen molar-refractivity contribution in [3.8, 4) is 11.1 Å². The number of nitrogens with zero attached hydrogens (tertiary/aromatic N) is 1. The van der Waals surface area contributed by atoms with Crippen LogP contribution < -0.4 is 5.32 Å². The normalized spacial score (nSPS) is 11.5. The molecule has 0 aliphatic heterocycles. The number of aromatic amines is 1. The smallest absolute Gasteiger partial charge is 0.350 e. The van der Waals surface area contributed by atoms with Gasteiger partial charge in [-0.2, -0.15) is 13.2 Å². The molecule has 6 nitrogen and oxygen atoms in total. The number of fused-ring (bicyclic) bond motifs is 1. The van der Waals surface area contributed by atoms with E-state index in [1.54, 1.807) is 19.1 Å². The molecule has 9 heteroatoms. The van der Waals surface area contributed by atoms with Crippen molar-refractivity contribution in [1.82, 2.24) is 4.98 Å². The van der Waals surface area contributed by atoms with Crippen LogP contribution in [0.15, 0.2) is 66.7 Å². The molecule has 0 saturated carbocycles. The van der Waals surface area contributed by atoms with Gasteiger partial charge in [0.05, 0.1) is 10.5 Å². The van der Waals surface area contributed by atoms with Crippen molar-refractivity contribution in [1.29, 1.82) is 0 Å². The highest BCUT2D eigenvalue weighted by Crippen LogP contribution is 2.37. The van der Waals surface area contributed by atoms with Crippen LogP contribution in [0, 0.1) is 17.0 Å². The van der Waals surface area contributed by atoms with Gasteiger partial charge in [0, 0.05) is 28.7 Å². The van der Waals surface area contributed by atoms with Crippen molar-refractivity contribution in [3.05, 3.63) is 93.7 Å². The summed E-state index contributed by atoms with van der Waals surface area (Å²) in [4.78, 5) is 26.3. The maximum Gasteiger partial charge on any atom is 0.417 e. The summed E-state index contributed by atoms with van der Waals surface area (Å²) in [5, 5.41) is 14.2. The molecule has 1 aromatic heterocycles. The summed E-state index contributed by atoms with van der Waals surface area (Å²) in [6.45, 7) is 1.66. The molecule has 1 amide bonds. The second-order valence-corrected chi connectivity index (χ2v) is 7.19. The molecule has 2 N–H and O–H groups in total. The highest BCUT2D eigenvalue weighted by Gasteiger charge is 2.33. The lowest BCUT2D eigenvalue weighted by Crippen LogP contribution is -2.13. The van der Waals surface area contributed by atoms with Crippen LogP contribution in [0.2, 0.25) is 0 Å². The van der Waals surface area contributed by atoms with Gasteiger partial charge in [-0.15, -0.1) is 0 Å². The molecule has 3 aromatic carbocycles. The van der Waals surface area contributed by atoms with Crippen LogP contribution in [0.5, 0.6) is 0 Å². The van der Waals surface area contributed by atoms with E-state index >= 15 is 0 Å². The first-order valence-electron chi connectivity index (χ1n) is 9.50. The van der Waals surface area contributed by atoms with E-state index in [0.717, 1.165) is 6.07 Å². The standard InChI is InChI=1S/C23H16F3N3O3/c1-13-18-12-16(29(31)32)9-10-20(18)28-21(13)22(30)27-15-6-4-5-14(11-15)17-7-2-3-8-19(17)23(24,25)26/h2-12,28H,1H3,(H,27,30). The van der Waals surface area contributed by atoms with Gasteiger partial charge in [0.25, 0.3) is 11.6 Å². The Morgan fingerprint density at radius 3 is 2.50 bits per heavy atom. The molecule has 0 fully saturated rings. The summed E-state index contributed by atoms with van der Waals surface area (Å²) in [6.07, 6.45) is -4.51. The molecule has 4 rings (SSSR count). The van der Waals surface area contributed by atoms with Gasteiger partial charge in [-0.3, -0.25) is 14.9 Å².